The summed E-state index contributed by atoms with van der Waals surface area (Å²) in [6.07, 6.45) is -2.22. The average Bonchev–Trinajstić information content (AvgIpc) is 3.62. The Labute approximate surface area is 246 Å². The number of amides is 2. The quantitative estimate of drug-likeness (QED) is 0.429. The first-order chi connectivity index (χ1) is 20.5. The van der Waals surface area contributed by atoms with Crippen molar-refractivity contribution < 1.29 is 47.2 Å². The molecule has 15 heteroatoms. The molecule has 2 aromatic rings. The van der Waals surface area contributed by atoms with Crippen molar-refractivity contribution in [1.82, 2.24) is 24.8 Å². The maximum atomic E-state index is 13.8. The number of aliphatic hydroxyl groups is 2. The number of carbonyl (C=O) groups is 2. The molecule has 2 amide bonds. The topological polar surface area (TPSA) is 139 Å². The Balaban J connectivity index is 1.29. The van der Waals surface area contributed by atoms with Gasteiger partial charge in [-0.1, -0.05) is 19.1 Å². The molecule has 4 heterocycles. The molecule has 12 nitrogen and oxygen atoms in total. The number of hydrogen-bond donors (Lipinski definition) is 2. The molecule has 3 aliphatic heterocycles. The first kappa shape index (κ1) is 31.2. The van der Waals surface area contributed by atoms with Crippen molar-refractivity contribution in [3.8, 4) is 11.3 Å². The number of nitrogens with zero attached hydrogens (tertiary/aromatic N) is 5. The largest absolute Gasteiger partial charge is 0.444 e. The fraction of sp³-hybridized carbons (Fsp3) is 0.643. The van der Waals surface area contributed by atoms with Crippen LogP contribution in [0.1, 0.15) is 39.2 Å². The lowest BCUT2D eigenvalue weighted by atomic mass is 9.89. The predicted octanol–water partition coefficient (Wildman–Crippen LogP) is 1.90. The fourth-order valence-electron chi connectivity index (χ4n) is 6.20. The van der Waals surface area contributed by atoms with Crippen molar-refractivity contribution in [3.05, 3.63) is 35.8 Å². The van der Waals surface area contributed by atoms with Crippen LogP contribution >= 0.6 is 0 Å². The molecule has 5 rings (SSSR count). The van der Waals surface area contributed by atoms with E-state index in [9.17, 15) is 33.0 Å². The van der Waals surface area contributed by atoms with Gasteiger partial charge in [-0.3, -0.25) is 4.79 Å². The number of carbonyl (C=O) groups excluding carboxylic acids is 2. The van der Waals surface area contributed by atoms with E-state index < -0.39 is 66.7 Å². The third-order valence-electron chi connectivity index (χ3n) is 8.44. The van der Waals surface area contributed by atoms with Crippen LogP contribution in [0.2, 0.25) is 0 Å². The van der Waals surface area contributed by atoms with Gasteiger partial charge in [-0.15, -0.1) is 5.10 Å². The number of ether oxygens (including phenoxy) is 3. The summed E-state index contributed by atoms with van der Waals surface area (Å²) in [5.74, 6) is -4.39. The minimum absolute atomic E-state index is 0.0185. The highest BCUT2D eigenvalue weighted by atomic mass is 19.2. The van der Waals surface area contributed by atoms with Gasteiger partial charge in [0.15, 0.2) is 17.5 Å². The summed E-state index contributed by atoms with van der Waals surface area (Å²) in [6, 6.07) is 0.543. The van der Waals surface area contributed by atoms with Gasteiger partial charge >= 0.3 is 6.09 Å². The van der Waals surface area contributed by atoms with Gasteiger partial charge in [0, 0.05) is 44.1 Å². The van der Waals surface area contributed by atoms with E-state index in [0.717, 1.165) is 12.1 Å². The average molecular weight is 612 g/mol. The molecule has 1 aromatic heterocycles. The van der Waals surface area contributed by atoms with Crippen LogP contribution in [0, 0.1) is 23.4 Å². The third kappa shape index (κ3) is 6.21. The SMILES string of the molecule is CO[C@@H]1[C@@H](n2cc(-c3cc(F)c(F)c(F)c3)nn2)[C@@H](O)[C@@H](CO)O[C@@H]1C[C@H]1CN(C2CCN(C(=O)C(C)C)CC2)C(=O)O1. The molecule has 236 valence electrons. The normalized spacial score (nSPS) is 28.5. The Morgan fingerprint density at radius 2 is 1.84 bits per heavy atom. The molecule has 0 aliphatic carbocycles. The molecule has 6 atom stereocenters. The molecule has 0 unspecified atom stereocenters. The van der Waals surface area contributed by atoms with Gasteiger partial charge in [0.2, 0.25) is 5.91 Å². The van der Waals surface area contributed by atoms with Gasteiger partial charge in [-0.2, -0.15) is 0 Å². The van der Waals surface area contributed by atoms with E-state index in [1.165, 1.54) is 18.0 Å². The lowest BCUT2D eigenvalue weighted by Crippen LogP contribution is -2.57. The van der Waals surface area contributed by atoms with E-state index in [1.807, 2.05) is 18.7 Å². The second-order valence-corrected chi connectivity index (χ2v) is 11.5. The summed E-state index contributed by atoms with van der Waals surface area (Å²) in [4.78, 5) is 28.7. The highest BCUT2D eigenvalue weighted by Crippen LogP contribution is 2.36. The second kappa shape index (κ2) is 12.8. The first-order valence-corrected chi connectivity index (χ1v) is 14.3. The number of likely N-dealkylation sites (tertiary alicyclic amines) is 1. The van der Waals surface area contributed by atoms with Crippen molar-refractivity contribution in [2.24, 2.45) is 5.92 Å². The molecular formula is C28H36F3N5O7. The molecule has 43 heavy (non-hydrogen) atoms. The minimum Gasteiger partial charge on any atom is -0.444 e. The second-order valence-electron chi connectivity index (χ2n) is 11.5. The van der Waals surface area contributed by atoms with Gasteiger partial charge in [-0.05, 0) is 25.0 Å². The Bertz CT molecular complexity index is 1300. The maximum absolute atomic E-state index is 13.8. The maximum Gasteiger partial charge on any atom is 0.410 e. The monoisotopic (exact) mass is 611 g/mol. The summed E-state index contributed by atoms with van der Waals surface area (Å²) in [7, 11) is 1.40. The van der Waals surface area contributed by atoms with Crippen LogP contribution in [0.25, 0.3) is 11.3 Å². The van der Waals surface area contributed by atoms with Gasteiger partial charge in [0.05, 0.1) is 25.5 Å². The number of halogens is 3. The molecule has 3 saturated heterocycles. The number of methoxy groups -OCH3 is 1. The molecule has 1 aromatic carbocycles. The number of aromatic nitrogens is 3. The number of piperidine rings is 1. The molecule has 0 spiro atoms. The highest BCUT2D eigenvalue weighted by Gasteiger charge is 2.49. The Hall–Kier alpha value is -3.27. The van der Waals surface area contributed by atoms with E-state index in [0.29, 0.717) is 32.5 Å². The number of cyclic esters (lactones) is 1. The van der Waals surface area contributed by atoms with E-state index in [2.05, 4.69) is 10.3 Å². The van der Waals surface area contributed by atoms with Gasteiger partial charge < -0.3 is 34.2 Å². The number of hydrogen-bond acceptors (Lipinski definition) is 9. The summed E-state index contributed by atoms with van der Waals surface area (Å²) >= 11 is 0. The van der Waals surface area contributed by atoms with Crippen molar-refractivity contribution in [3.63, 3.8) is 0 Å². The van der Waals surface area contributed by atoms with Gasteiger partial charge in [-0.25, -0.2) is 22.6 Å². The van der Waals surface area contributed by atoms with Gasteiger partial charge in [0.25, 0.3) is 0 Å². The molecule has 0 radical (unpaired) electrons. The first-order valence-electron chi connectivity index (χ1n) is 14.3. The zero-order valence-corrected chi connectivity index (χ0v) is 24.1. The van der Waals surface area contributed by atoms with Gasteiger partial charge in [0.1, 0.15) is 36.2 Å². The molecule has 0 bridgehead atoms. The lowest BCUT2D eigenvalue weighted by Gasteiger charge is -2.44. The zero-order chi connectivity index (χ0) is 31.0. The molecule has 2 N–H and O–H groups in total. The summed E-state index contributed by atoms with van der Waals surface area (Å²) < 4.78 is 59.8. The summed E-state index contributed by atoms with van der Waals surface area (Å²) in [5, 5.41) is 29.0. The standard InChI is InChI=1S/C28H36F3N5O7/c1-14(2)27(39)34-6-4-16(5-7-34)35-11-17(42-28(35)40)10-21-26(41-3)24(25(38)22(13-37)43-21)36-12-20(32-33-36)15-8-18(29)23(31)19(30)9-15/h8-9,12,14,16-17,21-22,24-26,37-38H,4-7,10-11,13H2,1-3H3/t17-,21+,22+,24-,25-,26-/m0/s1. The van der Waals surface area contributed by atoms with Crippen LogP contribution in [0.4, 0.5) is 18.0 Å². The summed E-state index contributed by atoms with van der Waals surface area (Å²) in [6.45, 7) is 4.59. The number of benzene rings is 1. The molecule has 3 aliphatic rings. The third-order valence-corrected chi connectivity index (χ3v) is 8.44. The fourth-order valence-corrected chi connectivity index (χ4v) is 6.20. The molecule has 3 fully saturated rings. The lowest BCUT2D eigenvalue weighted by molar-refractivity contribution is -0.217. The Morgan fingerprint density at radius 1 is 1.16 bits per heavy atom. The van der Waals surface area contributed by atoms with Crippen molar-refractivity contribution in [2.45, 2.75) is 75.7 Å². The van der Waals surface area contributed by atoms with E-state index >= 15 is 0 Å². The Morgan fingerprint density at radius 3 is 2.44 bits per heavy atom. The van der Waals surface area contributed by atoms with Crippen molar-refractivity contribution in [1.29, 1.82) is 0 Å². The smallest absolute Gasteiger partial charge is 0.410 e. The molecule has 0 saturated carbocycles. The van der Waals surface area contributed by atoms with E-state index in [-0.39, 0.29) is 35.5 Å². The van der Waals surface area contributed by atoms with Crippen LogP contribution in [-0.2, 0) is 19.0 Å². The van der Waals surface area contributed by atoms with Crippen LogP contribution in [-0.4, -0.2) is 117 Å². The zero-order valence-electron chi connectivity index (χ0n) is 24.1. The van der Waals surface area contributed by atoms with E-state index in [1.54, 1.807) is 4.90 Å². The minimum atomic E-state index is -1.61. The molecular weight excluding hydrogens is 575 g/mol. The van der Waals surface area contributed by atoms with Crippen molar-refractivity contribution in [2.75, 3.05) is 33.4 Å². The highest BCUT2D eigenvalue weighted by molar-refractivity contribution is 5.78. The number of rotatable bonds is 8. The van der Waals surface area contributed by atoms with Crippen LogP contribution in [0.5, 0.6) is 0 Å². The van der Waals surface area contributed by atoms with Crippen LogP contribution in [0.15, 0.2) is 18.3 Å². The Kier molecular flexibility index (Phi) is 9.25. The van der Waals surface area contributed by atoms with Crippen molar-refractivity contribution >= 4 is 12.0 Å². The summed E-state index contributed by atoms with van der Waals surface area (Å²) in [5.41, 5.74) is -0.0456. The predicted molar refractivity (Wildman–Crippen MR) is 143 cm³/mol. The van der Waals surface area contributed by atoms with E-state index in [4.69, 9.17) is 14.2 Å². The number of aliphatic hydroxyl groups excluding tert-OH is 2. The van der Waals surface area contributed by atoms with Crippen LogP contribution < -0.4 is 0 Å². The van der Waals surface area contributed by atoms with Crippen LogP contribution in [0.3, 0.4) is 0 Å².